The van der Waals surface area contributed by atoms with Gasteiger partial charge in [0.15, 0.2) is 0 Å². The Hall–Kier alpha value is -0.410. The lowest BCUT2D eigenvalue weighted by atomic mass is 9.80. The molecule has 72 valence electrons. The minimum Gasteiger partial charge on any atom is -0.387 e. The van der Waals surface area contributed by atoms with Crippen LogP contribution in [0.1, 0.15) is 40.9 Å². The highest BCUT2D eigenvalue weighted by Crippen LogP contribution is 2.40. The first-order valence-corrected chi connectivity index (χ1v) is 5.62. The highest BCUT2D eigenvalue weighted by atomic mass is 32.1. The molecule has 1 aromatic heterocycles. The maximum absolute atomic E-state index is 10.0. The van der Waals surface area contributed by atoms with E-state index in [0.29, 0.717) is 5.92 Å². The Morgan fingerprint density at radius 3 is 2.54 bits per heavy atom. The Bertz CT molecular complexity index is 304. The average Bonchev–Trinajstić information content (AvgIpc) is 2.26. The Labute approximate surface area is 82.6 Å². The number of thiazole rings is 1. The second-order valence-corrected chi connectivity index (χ2v) is 5.05. The molecule has 0 bridgehead atoms. The Balaban J connectivity index is 2.18. The van der Waals surface area contributed by atoms with E-state index in [9.17, 15) is 5.11 Å². The van der Waals surface area contributed by atoms with Crippen molar-refractivity contribution in [3.8, 4) is 0 Å². The summed E-state index contributed by atoms with van der Waals surface area (Å²) in [5.74, 6) is 0.499. The second kappa shape index (κ2) is 3.39. The maximum Gasteiger partial charge on any atom is 0.0928 e. The van der Waals surface area contributed by atoms with Gasteiger partial charge in [0, 0.05) is 0 Å². The normalized spacial score (nSPS) is 19.9. The molecule has 1 aliphatic carbocycles. The molecule has 0 amide bonds. The van der Waals surface area contributed by atoms with E-state index in [1.54, 1.807) is 11.3 Å². The van der Waals surface area contributed by atoms with Crippen molar-refractivity contribution in [2.24, 2.45) is 5.92 Å². The second-order valence-electron chi connectivity index (χ2n) is 3.82. The third-order valence-electron chi connectivity index (χ3n) is 2.80. The fourth-order valence-corrected chi connectivity index (χ4v) is 2.80. The van der Waals surface area contributed by atoms with E-state index in [0.717, 1.165) is 15.6 Å². The van der Waals surface area contributed by atoms with Crippen molar-refractivity contribution in [3.63, 3.8) is 0 Å². The molecule has 1 fully saturated rings. The summed E-state index contributed by atoms with van der Waals surface area (Å²) < 4.78 is 0. The van der Waals surface area contributed by atoms with Crippen LogP contribution in [0.3, 0.4) is 0 Å². The molecule has 0 aliphatic heterocycles. The van der Waals surface area contributed by atoms with Crippen molar-refractivity contribution in [2.45, 2.75) is 39.2 Å². The van der Waals surface area contributed by atoms with E-state index in [-0.39, 0.29) is 6.10 Å². The lowest BCUT2D eigenvalue weighted by molar-refractivity contribution is 0.0643. The predicted octanol–water partition coefficient (Wildman–Crippen LogP) is 2.59. The summed E-state index contributed by atoms with van der Waals surface area (Å²) in [6.45, 7) is 3.98. The minimum atomic E-state index is -0.250. The van der Waals surface area contributed by atoms with Crippen LogP contribution in [-0.2, 0) is 0 Å². The van der Waals surface area contributed by atoms with E-state index >= 15 is 0 Å². The lowest BCUT2D eigenvalue weighted by Gasteiger charge is -2.29. The van der Waals surface area contributed by atoms with Crippen LogP contribution in [0.2, 0.25) is 0 Å². The molecule has 0 spiro atoms. The first kappa shape index (κ1) is 9.16. The monoisotopic (exact) mass is 197 g/mol. The summed E-state index contributed by atoms with van der Waals surface area (Å²) >= 11 is 1.64. The van der Waals surface area contributed by atoms with Crippen LogP contribution in [0.25, 0.3) is 0 Å². The molecular formula is C10H15NOS. The topological polar surface area (TPSA) is 33.1 Å². The number of aryl methyl sites for hydroxylation is 2. The number of hydrogen-bond acceptors (Lipinski definition) is 3. The number of nitrogens with zero attached hydrogens (tertiary/aromatic N) is 1. The van der Waals surface area contributed by atoms with Gasteiger partial charge >= 0.3 is 0 Å². The minimum absolute atomic E-state index is 0.250. The van der Waals surface area contributed by atoms with Crippen LogP contribution in [0, 0.1) is 19.8 Å². The van der Waals surface area contributed by atoms with Gasteiger partial charge in [-0.3, -0.25) is 0 Å². The van der Waals surface area contributed by atoms with E-state index in [1.807, 2.05) is 13.8 Å². The van der Waals surface area contributed by atoms with Gasteiger partial charge in [0.05, 0.1) is 21.7 Å². The van der Waals surface area contributed by atoms with E-state index in [1.165, 1.54) is 19.3 Å². The first-order chi connectivity index (χ1) is 6.18. The Kier molecular flexibility index (Phi) is 2.39. The summed E-state index contributed by atoms with van der Waals surface area (Å²) in [7, 11) is 0. The van der Waals surface area contributed by atoms with Gasteiger partial charge in [-0.1, -0.05) is 6.42 Å². The van der Waals surface area contributed by atoms with Gasteiger partial charge in [0.2, 0.25) is 0 Å². The van der Waals surface area contributed by atoms with Crippen LogP contribution in [0.15, 0.2) is 0 Å². The zero-order valence-electron chi connectivity index (χ0n) is 8.08. The molecule has 3 heteroatoms. The van der Waals surface area contributed by atoms with Crippen LogP contribution in [0.4, 0.5) is 0 Å². The Morgan fingerprint density at radius 1 is 1.46 bits per heavy atom. The molecule has 1 heterocycles. The largest absolute Gasteiger partial charge is 0.387 e. The van der Waals surface area contributed by atoms with Gasteiger partial charge in [-0.05, 0) is 32.6 Å². The van der Waals surface area contributed by atoms with Gasteiger partial charge < -0.3 is 5.11 Å². The number of aromatic nitrogens is 1. The molecule has 1 unspecified atom stereocenters. The quantitative estimate of drug-likeness (QED) is 0.790. The molecule has 1 N–H and O–H groups in total. The van der Waals surface area contributed by atoms with Crippen molar-refractivity contribution < 1.29 is 5.11 Å². The van der Waals surface area contributed by atoms with Gasteiger partial charge in [0.25, 0.3) is 0 Å². The third-order valence-corrected chi connectivity index (χ3v) is 3.95. The summed E-state index contributed by atoms with van der Waals surface area (Å²) in [4.78, 5) is 5.42. The lowest BCUT2D eigenvalue weighted by Crippen LogP contribution is -2.19. The van der Waals surface area contributed by atoms with Gasteiger partial charge in [0.1, 0.15) is 0 Å². The molecule has 2 rings (SSSR count). The molecule has 1 aliphatic rings. The van der Waals surface area contributed by atoms with Crippen molar-refractivity contribution in [2.75, 3.05) is 0 Å². The predicted molar refractivity (Wildman–Crippen MR) is 53.9 cm³/mol. The summed E-state index contributed by atoms with van der Waals surface area (Å²) in [5, 5.41) is 11.1. The van der Waals surface area contributed by atoms with Crippen LogP contribution < -0.4 is 0 Å². The average molecular weight is 197 g/mol. The summed E-state index contributed by atoms with van der Waals surface area (Å²) in [5.41, 5.74) is 1.02. The molecule has 0 aromatic carbocycles. The molecule has 2 nitrogen and oxygen atoms in total. The van der Waals surface area contributed by atoms with Crippen LogP contribution in [0.5, 0.6) is 0 Å². The summed E-state index contributed by atoms with van der Waals surface area (Å²) in [6, 6.07) is 0. The van der Waals surface area contributed by atoms with Crippen molar-refractivity contribution in [1.29, 1.82) is 0 Å². The Morgan fingerprint density at radius 2 is 2.15 bits per heavy atom. The zero-order chi connectivity index (χ0) is 9.42. The van der Waals surface area contributed by atoms with E-state index in [4.69, 9.17) is 0 Å². The fourth-order valence-electron chi connectivity index (χ4n) is 1.79. The number of hydrogen-bond donors (Lipinski definition) is 1. The highest BCUT2D eigenvalue weighted by molar-refractivity contribution is 7.11. The molecule has 0 saturated heterocycles. The van der Waals surface area contributed by atoms with Gasteiger partial charge in [-0.15, -0.1) is 11.3 Å². The molecule has 1 saturated carbocycles. The number of aliphatic hydroxyl groups is 1. The maximum atomic E-state index is 10.0. The van der Waals surface area contributed by atoms with E-state index < -0.39 is 0 Å². The molecule has 1 atom stereocenters. The van der Waals surface area contributed by atoms with Crippen LogP contribution >= 0.6 is 11.3 Å². The van der Waals surface area contributed by atoms with Gasteiger partial charge in [-0.25, -0.2) is 4.98 Å². The highest BCUT2D eigenvalue weighted by Gasteiger charge is 2.29. The van der Waals surface area contributed by atoms with Crippen LogP contribution in [-0.4, -0.2) is 10.1 Å². The van der Waals surface area contributed by atoms with Gasteiger partial charge in [-0.2, -0.15) is 0 Å². The van der Waals surface area contributed by atoms with E-state index in [2.05, 4.69) is 4.98 Å². The smallest absolute Gasteiger partial charge is 0.0928 e. The number of rotatable bonds is 2. The van der Waals surface area contributed by atoms with Crippen molar-refractivity contribution in [3.05, 3.63) is 15.6 Å². The molecule has 1 aromatic rings. The SMILES string of the molecule is Cc1nc(C)c(C(O)C2CCC2)s1. The summed E-state index contributed by atoms with van der Waals surface area (Å²) in [6.07, 6.45) is 3.38. The molecule has 13 heavy (non-hydrogen) atoms. The van der Waals surface area contributed by atoms with Crippen molar-refractivity contribution >= 4 is 11.3 Å². The molecular weight excluding hydrogens is 182 g/mol. The zero-order valence-corrected chi connectivity index (χ0v) is 8.90. The number of aliphatic hydroxyl groups excluding tert-OH is 1. The standard InChI is InChI=1S/C10H15NOS/c1-6-10(13-7(2)11-6)9(12)8-4-3-5-8/h8-9,12H,3-5H2,1-2H3. The third kappa shape index (κ3) is 1.63. The fraction of sp³-hybridized carbons (Fsp3) is 0.700. The van der Waals surface area contributed by atoms with Crippen molar-refractivity contribution in [1.82, 2.24) is 4.98 Å². The molecule has 0 radical (unpaired) electrons. The first-order valence-electron chi connectivity index (χ1n) is 4.80.